The molecule has 0 fully saturated rings. The zero-order valence-corrected chi connectivity index (χ0v) is 17.8. The zero-order chi connectivity index (χ0) is 22.0. The van der Waals surface area contributed by atoms with Gasteiger partial charge in [0.2, 0.25) is 0 Å². The third-order valence-corrected chi connectivity index (χ3v) is 5.87. The molecule has 2 heterocycles. The molecule has 0 N–H and O–H groups in total. The number of methoxy groups -OCH3 is 1. The summed E-state index contributed by atoms with van der Waals surface area (Å²) in [6, 6.07) is 14.6. The molecule has 0 spiro atoms. The fourth-order valence-electron chi connectivity index (χ4n) is 2.95. The minimum Gasteiger partial charge on any atom is -0.497 e. The lowest BCUT2D eigenvalue weighted by Crippen LogP contribution is -2.31. The van der Waals surface area contributed by atoms with Gasteiger partial charge in [-0.2, -0.15) is 0 Å². The summed E-state index contributed by atoms with van der Waals surface area (Å²) in [6.07, 6.45) is 1.63. The van der Waals surface area contributed by atoms with Crippen LogP contribution in [0.25, 0.3) is 10.2 Å². The molecule has 10 heteroatoms. The summed E-state index contributed by atoms with van der Waals surface area (Å²) in [5.41, 5.74) is 1.13. The molecular formula is C21H15ClN4O4S. The maximum Gasteiger partial charge on any atom is 0.270 e. The van der Waals surface area contributed by atoms with E-state index < -0.39 is 10.8 Å². The summed E-state index contributed by atoms with van der Waals surface area (Å²) in [6.45, 7) is 0.121. The molecule has 4 aromatic rings. The predicted molar refractivity (Wildman–Crippen MR) is 119 cm³/mol. The van der Waals surface area contributed by atoms with E-state index in [0.29, 0.717) is 22.1 Å². The van der Waals surface area contributed by atoms with Crippen LogP contribution in [0.5, 0.6) is 5.75 Å². The molecule has 0 saturated heterocycles. The summed E-state index contributed by atoms with van der Waals surface area (Å²) in [4.78, 5) is 34.4. The van der Waals surface area contributed by atoms with Crippen LogP contribution in [0.4, 0.5) is 10.8 Å². The van der Waals surface area contributed by atoms with Crippen LogP contribution in [-0.4, -0.2) is 27.9 Å². The highest BCUT2D eigenvalue weighted by molar-refractivity contribution is 7.22. The van der Waals surface area contributed by atoms with Crippen molar-refractivity contribution in [1.82, 2.24) is 9.97 Å². The molecule has 0 saturated carbocycles. The minimum absolute atomic E-state index is 0.0173. The fourth-order valence-corrected chi connectivity index (χ4v) is 4.14. The first kappa shape index (κ1) is 20.7. The number of rotatable bonds is 6. The van der Waals surface area contributed by atoms with Gasteiger partial charge in [0, 0.05) is 18.3 Å². The van der Waals surface area contributed by atoms with Gasteiger partial charge in [-0.25, -0.2) is 4.98 Å². The number of aromatic nitrogens is 2. The van der Waals surface area contributed by atoms with Crippen molar-refractivity contribution in [3.05, 3.63) is 87.2 Å². The molecule has 0 bridgehead atoms. The highest BCUT2D eigenvalue weighted by atomic mass is 35.5. The van der Waals surface area contributed by atoms with Gasteiger partial charge in [-0.1, -0.05) is 29.0 Å². The van der Waals surface area contributed by atoms with Crippen molar-refractivity contribution in [3.8, 4) is 5.75 Å². The van der Waals surface area contributed by atoms with Crippen LogP contribution in [0.3, 0.4) is 0 Å². The summed E-state index contributed by atoms with van der Waals surface area (Å²) < 4.78 is 6.09. The summed E-state index contributed by atoms with van der Waals surface area (Å²) in [5, 5.41) is 11.7. The average Bonchev–Trinajstić information content (AvgIpc) is 3.20. The van der Waals surface area contributed by atoms with Crippen molar-refractivity contribution >= 4 is 49.9 Å². The number of nitro groups is 1. The van der Waals surface area contributed by atoms with Gasteiger partial charge in [0.25, 0.3) is 11.6 Å². The van der Waals surface area contributed by atoms with Gasteiger partial charge in [-0.3, -0.25) is 24.8 Å². The number of carbonyl (C=O) groups is 1. The summed E-state index contributed by atoms with van der Waals surface area (Å²) in [5.74, 6) is 0.164. The number of pyridine rings is 1. The Bertz CT molecular complexity index is 1280. The van der Waals surface area contributed by atoms with Crippen molar-refractivity contribution in [1.29, 1.82) is 0 Å². The number of nitrogens with zero attached hydrogens (tertiary/aromatic N) is 4. The Morgan fingerprint density at radius 3 is 2.77 bits per heavy atom. The number of hydrogen-bond acceptors (Lipinski definition) is 7. The van der Waals surface area contributed by atoms with Gasteiger partial charge in [-0.15, -0.1) is 0 Å². The summed E-state index contributed by atoms with van der Waals surface area (Å²) >= 11 is 7.53. The molecule has 0 atom stereocenters. The molecule has 0 aliphatic carbocycles. The standard InChI is InChI=1S/C21H15ClN4O4S/c1-30-15-6-8-18-19(11-15)31-21(24-18)25(12-13-4-2-3-9-23-13)20(27)16-10-14(26(28)29)5-7-17(16)22/h2-11H,12H2,1H3. The Balaban J connectivity index is 1.80. The molecule has 0 aliphatic rings. The number of amides is 1. The third kappa shape index (κ3) is 4.32. The first-order valence-corrected chi connectivity index (χ1v) is 10.3. The minimum atomic E-state index is -0.569. The van der Waals surface area contributed by atoms with E-state index in [1.54, 1.807) is 37.6 Å². The summed E-state index contributed by atoms with van der Waals surface area (Å²) in [7, 11) is 1.57. The van der Waals surface area contributed by atoms with E-state index in [0.717, 1.165) is 4.70 Å². The van der Waals surface area contributed by atoms with Crippen molar-refractivity contribution in [2.24, 2.45) is 0 Å². The molecule has 0 unspecified atom stereocenters. The predicted octanol–water partition coefficient (Wildman–Crippen LogP) is 5.11. The van der Waals surface area contributed by atoms with E-state index >= 15 is 0 Å². The van der Waals surface area contributed by atoms with Gasteiger partial charge >= 0.3 is 0 Å². The van der Waals surface area contributed by atoms with Crippen molar-refractivity contribution in [2.45, 2.75) is 6.54 Å². The first-order chi connectivity index (χ1) is 15.0. The highest BCUT2D eigenvalue weighted by Gasteiger charge is 2.26. The van der Waals surface area contributed by atoms with Gasteiger partial charge in [0.15, 0.2) is 5.13 Å². The maximum atomic E-state index is 13.5. The number of non-ortho nitro benzene ring substituents is 1. The second kappa shape index (κ2) is 8.66. The number of hydrogen-bond donors (Lipinski definition) is 0. The second-order valence-electron chi connectivity index (χ2n) is 6.46. The number of ether oxygens (including phenoxy) is 1. The molecule has 0 aliphatic heterocycles. The van der Waals surface area contributed by atoms with E-state index in [4.69, 9.17) is 16.3 Å². The largest absolute Gasteiger partial charge is 0.497 e. The Morgan fingerprint density at radius 1 is 1.23 bits per heavy atom. The lowest BCUT2D eigenvalue weighted by molar-refractivity contribution is -0.384. The van der Waals surface area contributed by atoms with Crippen LogP contribution in [-0.2, 0) is 6.54 Å². The normalized spacial score (nSPS) is 10.8. The van der Waals surface area contributed by atoms with E-state index in [1.165, 1.54) is 34.4 Å². The highest BCUT2D eigenvalue weighted by Crippen LogP contribution is 2.34. The van der Waals surface area contributed by atoms with Gasteiger partial charge in [0.05, 0.1) is 45.1 Å². The van der Waals surface area contributed by atoms with Crippen molar-refractivity contribution < 1.29 is 14.5 Å². The van der Waals surface area contributed by atoms with Crippen LogP contribution in [0, 0.1) is 10.1 Å². The lowest BCUT2D eigenvalue weighted by atomic mass is 10.1. The van der Waals surface area contributed by atoms with Crippen molar-refractivity contribution in [2.75, 3.05) is 12.0 Å². The second-order valence-corrected chi connectivity index (χ2v) is 7.88. The first-order valence-electron chi connectivity index (χ1n) is 9.06. The van der Waals surface area contributed by atoms with Crippen LogP contribution in [0.2, 0.25) is 5.02 Å². The topological polar surface area (TPSA) is 98.5 Å². The molecule has 0 radical (unpaired) electrons. The van der Waals surface area contributed by atoms with Crippen LogP contribution in [0.1, 0.15) is 16.1 Å². The molecule has 4 rings (SSSR count). The van der Waals surface area contributed by atoms with Gasteiger partial charge < -0.3 is 4.74 Å². The Kier molecular flexibility index (Phi) is 5.79. The molecule has 2 aromatic carbocycles. The average molecular weight is 455 g/mol. The quantitative estimate of drug-likeness (QED) is 0.296. The van der Waals surface area contributed by atoms with Gasteiger partial charge in [0.1, 0.15) is 5.75 Å². The maximum absolute atomic E-state index is 13.5. The number of nitro benzene ring substituents is 1. The molecule has 2 aromatic heterocycles. The number of anilines is 1. The van der Waals surface area contributed by atoms with E-state index in [2.05, 4.69) is 9.97 Å². The van der Waals surface area contributed by atoms with E-state index in [9.17, 15) is 14.9 Å². The number of carbonyl (C=O) groups excluding carboxylic acids is 1. The van der Waals surface area contributed by atoms with Gasteiger partial charge in [-0.05, 0) is 36.4 Å². The number of halogens is 1. The molecule has 31 heavy (non-hydrogen) atoms. The monoisotopic (exact) mass is 454 g/mol. The van der Waals surface area contributed by atoms with E-state index in [1.807, 2.05) is 12.1 Å². The Hall–Kier alpha value is -3.56. The molecule has 156 valence electrons. The smallest absolute Gasteiger partial charge is 0.270 e. The number of thiazole rings is 1. The molecule has 8 nitrogen and oxygen atoms in total. The number of benzene rings is 2. The fraction of sp³-hybridized carbons (Fsp3) is 0.0952. The third-order valence-electron chi connectivity index (χ3n) is 4.50. The van der Waals surface area contributed by atoms with Crippen LogP contribution >= 0.6 is 22.9 Å². The SMILES string of the molecule is COc1ccc2nc(N(Cc3ccccn3)C(=O)c3cc([N+](=O)[O-])ccc3Cl)sc2c1. The number of fused-ring (bicyclic) bond motifs is 1. The van der Waals surface area contributed by atoms with Crippen LogP contribution in [0.15, 0.2) is 60.8 Å². The van der Waals surface area contributed by atoms with Crippen molar-refractivity contribution in [3.63, 3.8) is 0 Å². The Morgan fingerprint density at radius 2 is 2.06 bits per heavy atom. The molecular weight excluding hydrogens is 440 g/mol. The van der Waals surface area contributed by atoms with E-state index in [-0.39, 0.29) is 22.8 Å². The Labute approximate surface area is 185 Å². The zero-order valence-electron chi connectivity index (χ0n) is 16.2. The van der Waals surface area contributed by atoms with Crippen LogP contribution < -0.4 is 9.64 Å². The molecule has 1 amide bonds. The lowest BCUT2D eigenvalue weighted by Gasteiger charge is -2.20.